The number of alkyl halides is 4. The SMILES string of the molecule is Cc1ccc(C)c(C(F)(F)F)c1F.Cc1ccc(C)c(F)c1.Cc1ccc(C)c(I)c1F.[2H]CF. The van der Waals surface area contributed by atoms with Crippen LogP contribution >= 0.6 is 22.6 Å². The Morgan fingerprint density at radius 3 is 1.47 bits per heavy atom. The molecule has 0 spiro atoms. The molecule has 0 heterocycles. The van der Waals surface area contributed by atoms with Crippen molar-refractivity contribution in [1.29, 1.82) is 0 Å². The Morgan fingerprint density at radius 2 is 1.09 bits per heavy atom. The van der Waals surface area contributed by atoms with E-state index in [-0.39, 0.29) is 22.8 Å². The van der Waals surface area contributed by atoms with Crippen molar-refractivity contribution in [3.05, 3.63) is 102 Å². The molecule has 0 atom stereocenters. The smallest absolute Gasteiger partial charge is 0.255 e. The highest BCUT2D eigenvalue weighted by Gasteiger charge is 2.36. The minimum absolute atomic E-state index is 0.0120. The van der Waals surface area contributed by atoms with Crippen molar-refractivity contribution < 1.29 is 32.1 Å². The lowest BCUT2D eigenvalue weighted by molar-refractivity contribution is -0.140. The molecular formula is C26H28F7I. The summed E-state index contributed by atoms with van der Waals surface area (Å²) in [6.07, 6.45) is -4.61. The molecule has 0 saturated heterocycles. The summed E-state index contributed by atoms with van der Waals surface area (Å²) in [6, 6.07) is 11.5. The van der Waals surface area contributed by atoms with E-state index in [0.29, 0.717) is 5.56 Å². The second-order valence-electron chi connectivity index (χ2n) is 7.47. The van der Waals surface area contributed by atoms with Gasteiger partial charge in [-0.2, -0.15) is 13.2 Å². The molecule has 0 aliphatic rings. The molecule has 3 rings (SSSR count). The van der Waals surface area contributed by atoms with Crippen LogP contribution < -0.4 is 0 Å². The molecule has 0 radical (unpaired) electrons. The van der Waals surface area contributed by atoms with E-state index in [1.54, 1.807) is 26.0 Å². The summed E-state index contributed by atoms with van der Waals surface area (Å²) in [5.74, 6) is -1.37. The Kier molecular flexibility index (Phi) is 12.6. The van der Waals surface area contributed by atoms with Crippen LogP contribution in [0, 0.1) is 62.6 Å². The van der Waals surface area contributed by atoms with Gasteiger partial charge in [-0.25, -0.2) is 13.2 Å². The Morgan fingerprint density at radius 1 is 0.676 bits per heavy atom. The van der Waals surface area contributed by atoms with Crippen molar-refractivity contribution in [2.45, 2.75) is 47.7 Å². The van der Waals surface area contributed by atoms with Crippen LogP contribution in [0.4, 0.5) is 30.7 Å². The third-order valence-electron chi connectivity index (χ3n) is 4.62. The van der Waals surface area contributed by atoms with E-state index in [1.165, 1.54) is 32.0 Å². The summed E-state index contributed by atoms with van der Waals surface area (Å²) in [6.45, 7) is 9.87. The largest absolute Gasteiger partial charge is 0.419 e. The van der Waals surface area contributed by atoms with Crippen LogP contribution in [0.1, 0.15) is 40.3 Å². The normalized spacial score (nSPS) is 10.6. The maximum Gasteiger partial charge on any atom is 0.419 e. The average molecular weight is 601 g/mol. The fourth-order valence-electron chi connectivity index (χ4n) is 2.57. The van der Waals surface area contributed by atoms with Crippen molar-refractivity contribution in [3.8, 4) is 0 Å². The van der Waals surface area contributed by atoms with Crippen LogP contribution in [-0.2, 0) is 6.18 Å². The maximum atomic E-state index is 13.0. The first kappa shape index (κ1) is 29.9. The monoisotopic (exact) mass is 601 g/mol. The molecule has 0 aromatic heterocycles. The molecule has 0 fully saturated rings. The first-order valence-corrected chi connectivity index (χ1v) is 11.0. The van der Waals surface area contributed by atoms with E-state index in [9.17, 15) is 30.7 Å². The zero-order chi connectivity index (χ0) is 27.5. The fourth-order valence-corrected chi connectivity index (χ4v) is 3.17. The first-order chi connectivity index (χ1) is 16.1. The predicted molar refractivity (Wildman–Crippen MR) is 132 cm³/mol. The molecule has 3 aromatic carbocycles. The third kappa shape index (κ3) is 9.64. The molecular weight excluding hydrogens is 572 g/mol. The topological polar surface area (TPSA) is 0 Å². The Balaban J connectivity index is 0.000000476. The quantitative estimate of drug-likeness (QED) is 0.178. The molecule has 0 aliphatic carbocycles. The van der Waals surface area contributed by atoms with Crippen molar-refractivity contribution >= 4 is 22.6 Å². The average Bonchev–Trinajstić information content (AvgIpc) is 2.76. The lowest BCUT2D eigenvalue weighted by atomic mass is 10.0. The Labute approximate surface area is 211 Å². The van der Waals surface area contributed by atoms with E-state index in [1.807, 2.05) is 48.6 Å². The number of benzene rings is 3. The highest BCUT2D eigenvalue weighted by atomic mass is 127. The molecule has 3 aromatic rings. The number of rotatable bonds is 0. The van der Waals surface area contributed by atoms with E-state index < -0.39 is 24.7 Å². The Bertz CT molecular complexity index is 1070. The number of halogens is 8. The molecule has 8 heteroatoms. The first-order valence-electron chi connectivity index (χ1n) is 10.6. The summed E-state index contributed by atoms with van der Waals surface area (Å²) in [5.41, 5.74) is 2.17. The highest BCUT2D eigenvalue weighted by Crippen LogP contribution is 2.34. The minimum Gasteiger partial charge on any atom is -0.255 e. The van der Waals surface area contributed by atoms with Crippen molar-refractivity contribution in [3.63, 3.8) is 0 Å². The van der Waals surface area contributed by atoms with Gasteiger partial charge in [0.05, 0.1) is 17.7 Å². The van der Waals surface area contributed by atoms with E-state index in [4.69, 9.17) is 1.37 Å². The molecule has 0 saturated carbocycles. The molecule has 0 bridgehead atoms. The molecule has 188 valence electrons. The predicted octanol–water partition coefficient (Wildman–Crippen LogP) is 9.54. The summed E-state index contributed by atoms with van der Waals surface area (Å²) in [4.78, 5) is 0. The highest BCUT2D eigenvalue weighted by molar-refractivity contribution is 14.1. The van der Waals surface area contributed by atoms with Gasteiger partial charge in [0.2, 0.25) is 0 Å². The molecule has 0 aliphatic heterocycles. The second-order valence-corrected chi connectivity index (χ2v) is 8.54. The van der Waals surface area contributed by atoms with Gasteiger partial charge in [0, 0.05) is 0 Å². The molecule has 0 unspecified atom stereocenters. The van der Waals surface area contributed by atoms with Gasteiger partial charge in [-0.05, 0) is 104 Å². The van der Waals surface area contributed by atoms with Gasteiger partial charge in [-0.1, -0.05) is 36.4 Å². The Hall–Kier alpha value is -2.10. The molecule has 0 nitrogen and oxygen atoms in total. The van der Waals surface area contributed by atoms with Gasteiger partial charge in [0.25, 0.3) is 0 Å². The number of hydrogen-bond donors (Lipinski definition) is 0. The van der Waals surface area contributed by atoms with Crippen molar-refractivity contribution in [2.75, 3.05) is 7.15 Å². The second kappa shape index (κ2) is 14.3. The summed E-state index contributed by atoms with van der Waals surface area (Å²) < 4.78 is 91.6. The van der Waals surface area contributed by atoms with Crippen LogP contribution in [0.2, 0.25) is 0 Å². The third-order valence-corrected chi connectivity index (χ3v) is 5.95. The van der Waals surface area contributed by atoms with E-state index >= 15 is 0 Å². The van der Waals surface area contributed by atoms with Crippen LogP contribution in [0.25, 0.3) is 0 Å². The van der Waals surface area contributed by atoms with Crippen LogP contribution in [0.3, 0.4) is 0 Å². The summed E-state index contributed by atoms with van der Waals surface area (Å²) >= 11 is 2.02. The molecule has 34 heavy (non-hydrogen) atoms. The zero-order valence-corrected chi connectivity index (χ0v) is 21.9. The molecule has 0 amide bonds. The standard InChI is InChI=1S/C9H8F4.C8H8FI.C8H9F.CH3F/c1-5-3-4-6(2)8(10)7(5)9(11,12)13;1-5-3-4-6(2)8(10)7(5)9;1-6-3-4-7(2)8(9)5-6;1-2/h3-4H,1-2H3;3-4H,1-2H3;3-5H,1-2H3;1H3/i;;;1D. The summed E-state index contributed by atoms with van der Waals surface area (Å²) in [5, 5.41) is 0. The maximum absolute atomic E-state index is 13.0. The van der Waals surface area contributed by atoms with Gasteiger partial charge in [-0.15, -0.1) is 0 Å². The molecule has 0 N–H and O–H groups in total. The summed E-state index contributed by atoms with van der Waals surface area (Å²) in [7, 11) is -1.00. The van der Waals surface area contributed by atoms with E-state index in [0.717, 1.165) is 20.3 Å². The van der Waals surface area contributed by atoms with Crippen molar-refractivity contribution in [2.24, 2.45) is 0 Å². The van der Waals surface area contributed by atoms with Crippen LogP contribution in [0.5, 0.6) is 0 Å². The zero-order valence-electron chi connectivity index (χ0n) is 20.8. The van der Waals surface area contributed by atoms with Crippen LogP contribution in [-0.4, -0.2) is 7.15 Å². The lowest BCUT2D eigenvalue weighted by Gasteiger charge is -2.12. The lowest BCUT2D eigenvalue weighted by Crippen LogP contribution is -2.11. The van der Waals surface area contributed by atoms with Gasteiger partial charge in [0.1, 0.15) is 17.5 Å². The minimum atomic E-state index is -4.61. The van der Waals surface area contributed by atoms with Crippen LogP contribution in [0.15, 0.2) is 42.5 Å². The van der Waals surface area contributed by atoms with Gasteiger partial charge in [-0.3, -0.25) is 4.39 Å². The fraction of sp³-hybridized carbons (Fsp3) is 0.308. The van der Waals surface area contributed by atoms with Gasteiger partial charge >= 0.3 is 6.18 Å². The van der Waals surface area contributed by atoms with E-state index in [2.05, 4.69) is 0 Å². The number of aryl methyl sites for hydroxylation is 6. The number of hydrogen-bond acceptors (Lipinski definition) is 0. The van der Waals surface area contributed by atoms with Crippen molar-refractivity contribution in [1.82, 2.24) is 0 Å². The van der Waals surface area contributed by atoms with Gasteiger partial charge in [0.15, 0.2) is 0 Å². The van der Waals surface area contributed by atoms with Gasteiger partial charge < -0.3 is 0 Å².